The Hall–Kier alpha value is -9.64. The highest BCUT2D eigenvalue weighted by molar-refractivity contribution is 7.23. The Morgan fingerprint density at radius 2 is 0.863 bits per heavy atom. The lowest BCUT2D eigenvalue weighted by atomic mass is 9.81. The number of carbonyl (C=O) groups excluding carboxylic acids is 2. The topological polar surface area (TPSA) is 268 Å². The lowest BCUT2D eigenvalue weighted by molar-refractivity contribution is -0.143. The van der Waals surface area contributed by atoms with Gasteiger partial charge in [0.25, 0.3) is 0 Å². The number of imidazole rings is 3. The predicted octanol–water partition coefficient (Wildman–Crippen LogP) is 15.5. The predicted molar refractivity (Wildman–Crippen MR) is 382 cm³/mol. The van der Waals surface area contributed by atoms with E-state index in [4.69, 9.17) is 32.2 Å². The second-order valence-electron chi connectivity index (χ2n) is 25.8. The number of aromatic nitrogens is 10. The Labute approximate surface area is 561 Å². The average Bonchev–Trinajstić information content (AvgIpc) is 1.62. The van der Waals surface area contributed by atoms with Gasteiger partial charge in [0.05, 0.1) is 32.4 Å². The fraction of sp³-hybridized carbons (Fsp3) is 0.315. The number of nitrogens with two attached hydrogens (primary N) is 3. The van der Waals surface area contributed by atoms with Crippen molar-refractivity contribution in [2.75, 3.05) is 36.6 Å². The highest BCUT2D eigenvalue weighted by Gasteiger charge is 2.35. The fourth-order valence-corrected chi connectivity index (χ4v) is 17.8. The minimum absolute atomic E-state index is 0.00513. The average molecular weight is 1320 g/mol. The van der Waals surface area contributed by atoms with E-state index in [0.717, 1.165) is 136 Å². The maximum atomic E-state index is 12.8. The summed E-state index contributed by atoms with van der Waals surface area (Å²) in [5.74, 6) is 4.74. The van der Waals surface area contributed by atoms with Gasteiger partial charge in [-0.15, -0.1) is 34.0 Å². The molecular formula is C73H75N15O4S3. The van der Waals surface area contributed by atoms with E-state index < -0.39 is 5.97 Å². The van der Waals surface area contributed by atoms with Gasteiger partial charge in [0.2, 0.25) is 11.8 Å². The number of hydrogen-bond donors (Lipinski definition) is 5. The number of benzene rings is 3. The zero-order valence-electron chi connectivity index (χ0n) is 53.7. The lowest BCUT2D eigenvalue weighted by Gasteiger charge is -2.28. The minimum atomic E-state index is -0.689. The summed E-state index contributed by atoms with van der Waals surface area (Å²) < 4.78 is 10.1. The second-order valence-corrected chi connectivity index (χ2v) is 29.0. The van der Waals surface area contributed by atoms with Gasteiger partial charge in [-0.05, 0) is 161 Å². The number of hydrogen-bond acceptors (Lipinski definition) is 16. The van der Waals surface area contributed by atoms with E-state index in [1.807, 2.05) is 44.8 Å². The first-order chi connectivity index (χ1) is 46.0. The molecule has 3 fully saturated rings. The largest absolute Gasteiger partial charge is 0.481 e. The molecule has 484 valence electrons. The number of carboxylic acids is 1. The highest BCUT2D eigenvalue weighted by Crippen LogP contribution is 2.46. The molecule has 19 nitrogen and oxygen atoms in total. The third-order valence-corrected chi connectivity index (χ3v) is 23.3. The van der Waals surface area contributed by atoms with Gasteiger partial charge in [-0.1, -0.05) is 54.6 Å². The molecule has 95 heavy (non-hydrogen) atoms. The van der Waals surface area contributed by atoms with Gasteiger partial charge in [0, 0.05) is 101 Å². The maximum absolute atomic E-state index is 12.8. The van der Waals surface area contributed by atoms with Crippen molar-refractivity contribution in [1.82, 2.24) is 53.0 Å². The molecule has 0 unspecified atom stereocenters. The Morgan fingerprint density at radius 1 is 0.495 bits per heavy atom. The van der Waals surface area contributed by atoms with E-state index >= 15 is 0 Å². The van der Waals surface area contributed by atoms with E-state index in [9.17, 15) is 19.5 Å². The molecule has 2 amide bonds. The molecule has 3 aliphatic rings. The van der Waals surface area contributed by atoms with Gasteiger partial charge < -0.3 is 32.5 Å². The first kappa shape index (κ1) is 62.8. The summed E-state index contributed by atoms with van der Waals surface area (Å²) in [6.07, 6.45) is 24.6. The van der Waals surface area contributed by atoms with Crippen LogP contribution in [0.4, 0.5) is 23.1 Å². The molecule has 0 radical (unpaired) electrons. The molecule has 13 aromatic rings. The van der Waals surface area contributed by atoms with Crippen molar-refractivity contribution < 1.29 is 19.5 Å². The van der Waals surface area contributed by atoms with Crippen LogP contribution in [0.15, 0.2) is 135 Å². The molecule has 0 bridgehead atoms. The summed E-state index contributed by atoms with van der Waals surface area (Å²) in [6, 6.07) is 29.3. The van der Waals surface area contributed by atoms with Gasteiger partial charge in [-0.2, -0.15) is 0 Å². The van der Waals surface area contributed by atoms with Gasteiger partial charge >= 0.3 is 5.97 Å². The van der Waals surface area contributed by atoms with Crippen LogP contribution in [0.1, 0.15) is 129 Å². The van der Waals surface area contributed by atoms with Gasteiger partial charge in [0.1, 0.15) is 68.6 Å². The molecule has 3 saturated carbocycles. The van der Waals surface area contributed by atoms with Crippen molar-refractivity contribution in [3.8, 4) is 31.7 Å². The van der Waals surface area contributed by atoms with Gasteiger partial charge in [0.15, 0.2) is 0 Å². The summed E-state index contributed by atoms with van der Waals surface area (Å²) >= 11 is 5.24. The van der Waals surface area contributed by atoms with Crippen LogP contribution in [0, 0.1) is 38.5 Å². The van der Waals surface area contributed by atoms with Crippen LogP contribution in [-0.4, -0.2) is 90.0 Å². The van der Waals surface area contributed by atoms with Crippen LogP contribution < -0.4 is 22.5 Å². The Bertz CT molecular complexity index is 5040. The van der Waals surface area contributed by atoms with E-state index in [1.54, 1.807) is 69.9 Å². The number of nitrogens with zero attached hydrogens (tertiary/aromatic N) is 11. The van der Waals surface area contributed by atoms with Crippen LogP contribution in [-0.2, 0) is 14.4 Å². The van der Waals surface area contributed by atoms with Crippen LogP contribution in [0.3, 0.4) is 0 Å². The van der Waals surface area contributed by atoms with E-state index in [2.05, 4.69) is 132 Å². The van der Waals surface area contributed by atoms with E-state index in [0.29, 0.717) is 36.2 Å². The zero-order chi connectivity index (χ0) is 65.8. The monoisotopic (exact) mass is 1320 g/mol. The number of carbonyl (C=O) groups is 3. The van der Waals surface area contributed by atoms with Crippen molar-refractivity contribution in [3.63, 3.8) is 0 Å². The zero-order valence-corrected chi connectivity index (χ0v) is 56.1. The number of aryl methyl sites for hydroxylation is 3. The molecule has 0 atom stereocenters. The van der Waals surface area contributed by atoms with Gasteiger partial charge in [-0.3, -0.25) is 32.6 Å². The Morgan fingerprint density at radius 3 is 1.20 bits per heavy atom. The molecule has 22 heteroatoms. The number of amides is 2. The van der Waals surface area contributed by atoms with Crippen molar-refractivity contribution in [3.05, 3.63) is 169 Å². The fourth-order valence-electron chi connectivity index (χ4n) is 14.5. The summed E-state index contributed by atoms with van der Waals surface area (Å²) in [7, 11) is 3.68. The van der Waals surface area contributed by atoms with Crippen molar-refractivity contribution in [2.24, 2.45) is 17.8 Å². The number of anilines is 4. The van der Waals surface area contributed by atoms with E-state index in [-0.39, 0.29) is 41.4 Å². The number of fused-ring (bicyclic) bond motifs is 6. The third kappa shape index (κ3) is 12.2. The highest BCUT2D eigenvalue weighted by atomic mass is 32.1. The lowest BCUT2D eigenvalue weighted by Crippen LogP contribution is -2.32. The molecule has 0 saturated heterocycles. The van der Waals surface area contributed by atoms with Crippen molar-refractivity contribution in [2.45, 2.75) is 116 Å². The number of rotatable bonds is 10. The standard InChI is InChI=1S/C27H26N6OS.C24H27N5OS.C22H22N4O2S/c1-16-4-2-5-19-14-21(35-24(16)19)22-23-25(28)30-12-13-33(23)26(32-22)17-7-9-18(10-8-17)27(34)31-20-6-3-11-29-15-20;1-14-5-4-6-17-13-18(31-21(14)17)19-20-22(25)26-11-12-29(20)23(27-19)15-7-9-16(10-8-15)24(30)28(2)3;1-12-3-2-4-15-11-16(29-19(12)15)17-18-20(23)24-9-10-26(18)21(25-17)13-5-7-14(8-6-13)22(27)28/h2-6,11-15,17-18H,7-10H2,1H3,(H2,28,30)(H,31,34);4-6,11-13,15-16H,7-10H2,1-3H3,(H2,25,26);2-4,9-11,13-14H,5-8H2,1H3,(H2,23,24)(H,27,28). The molecule has 0 aliphatic heterocycles. The molecule has 10 heterocycles. The normalized spacial score (nSPS) is 19.0. The third-order valence-electron chi connectivity index (χ3n) is 19.5. The number of thiophene rings is 3. The first-order valence-corrected chi connectivity index (χ1v) is 35.0. The number of pyridine rings is 1. The van der Waals surface area contributed by atoms with Crippen molar-refractivity contribution >= 4 is 122 Å². The molecule has 8 N–H and O–H groups in total. The smallest absolute Gasteiger partial charge is 0.306 e. The Balaban J connectivity index is 0.000000123. The maximum Gasteiger partial charge on any atom is 0.306 e. The molecule has 0 spiro atoms. The number of nitrogens with one attached hydrogen (secondary N) is 1. The van der Waals surface area contributed by atoms with Gasteiger partial charge in [-0.25, -0.2) is 29.9 Å². The molecule has 10 aromatic heterocycles. The summed E-state index contributed by atoms with van der Waals surface area (Å²) in [5, 5.41) is 16.0. The second kappa shape index (κ2) is 26.3. The summed E-state index contributed by atoms with van der Waals surface area (Å²) in [4.78, 5) is 73.9. The number of nitrogen functional groups attached to an aromatic ring is 3. The summed E-state index contributed by atoms with van der Waals surface area (Å²) in [5.41, 5.74) is 28.8. The van der Waals surface area contributed by atoms with Crippen LogP contribution in [0.2, 0.25) is 0 Å². The number of aliphatic carboxylic acids is 1. The van der Waals surface area contributed by atoms with Crippen LogP contribution in [0.5, 0.6) is 0 Å². The first-order valence-electron chi connectivity index (χ1n) is 32.6. The SMILES string of the molecule is Cc1cccc2cc(-c3nc(C4CCC(C(=O)N(C)C)CC4)n4ccnc(N)c34)sc12.Cc1cccc2cc(-c3nc(C4CCC(C(=O)Nc5cccnc5)CC4)n4ccnc(N)c34)sc12.Cc1cccc2cc(-c3nc(C4CCC(C(=O)O)CC4)n4ccnc(N)c34)sc12. The van der Waals surface area contributed by atoms with Crippen LogP contribution >= 0.6 is 34.0 Å². The molecule has 16 rings (SSSR count). The van der Waals surface area contributed by atoms with Crippen molar-refractivity contribution in [1.29, 1.82) is 0 Å². The molecular weight excluding hydrogens is 1250 g/mol. The van der Waals surface area contributed by atoms with Crippen LogP contribution in [0.25, 0.3) is 78.5 Å². The Kier molecular flexibility index (Phi) is 17.4. The molecule has 3 aromatic carbocycles. The summed E-state index contributed by atoms with van der Waals surface area (Å²) in [6.45, 7) is 6.40. The quantitative estimate of drug-likeness (QED) is 0.0852. The number of carboxylic acid groups (broad SMARTS) is 1. The van der Waals surface area contributed by atoms with E-state index in [1.165, 1.54) is 46.9 Å². The molecule has 3 aliphatic carbocycles. The minimum Gasteiger partial charge on any atom is -0.481 e.